The van der Waals surface area contributed by atoms with Crippen molar-refractivity contribution >= 4 is 11.8 Å². The fourth-order valence-corrected chi connectivity index (χ4v) is 2.96. The van der Waals surface area contributed by atoms with Crippen molar-refractivity contribution in [1.29, 1.82) is 0 Å². The molecule has 1 rings (SSSR count). The largest absolute Gasteiger partial charge is 0.330 e. The average Bonchev–Trinajstić information content (AvgIpc) is 2.19. The molecule has 1 heterocycles. The zero-order valence-corrected chi connectivity index (χ0v) is 9.48. The van der Waals surface area contributed by atoms with Crippen LogP contribution in [0, 0.1) is 0 Å². The predicted molar refractivity (Wildman–Crippen MR) is 61.3 cm³/mol. The van der Waals surface area contributed by atoms with E-state index in [1.165, 1.54) is 44.6 Å². The maximum absolute atomic E-state index is 5.47. The molecular weight excluding hydrogens is 180 g/mol. The third-order valence-electron chi connectivity index (χ3n) is 2.61. The Labute approximate surface area is 86.2 Å². The summed E-state index contributed by atoms with van der Waals surface area (Å²) >= 11 is 2.14. The van der Waals surface area contributed by atoms with Crippen LogP contribution in [0.15, 0.2) is 0 Å². The summed E-state index contributed by atoms with van der Waals surface area (Å²) in [5.74, 6) is 1.32. The van der Waals surface area contributed by atoms with Crippen LogP contribution in [0.3, 0.4) is 0 Å². The highest BCUT2D eigenvalue weighted by atomic mass is 32.2. The Bertz CT molecular complexity index is 130. The van der Waals surface area contributed by atoms with Gasteiger partial charge in [-0.05, 0) is 32.4 Å². The Morgan fingerprint density at radius 3 is 3.00 bits per heavy atom. The van der Waals surface area contributed by atoms with Crippen LogP contribution < -0.4 is 5.73 Å². The number of unbranched alkanes of at least 4 members (excludes halogenated alkanes) is 1. The third kappa shape index (κ3) is 4.34. The number of rotatable bonds is 5. The molecule has 0 saturated carbocycles. The van der Waals surface area contributed by atoms with Gasteiger partial charge in [0.25, 0.3) is 0 Å². The third-order valence-corrected chi connectivity index (χ3v) is 3.98. The first-order valence-electron chi connectivity index (χ1n) is 5.40. The van der Waals surface area contributed by atoms with Crippen molar-refractivity contribution in [3.63, 3.8) is 0 Å². The van der Waals surface area contributed by atoms with Crippen LogP contribution in [-0.4, -0.2) is 42.1 Å². The molecule has 0 amide bonds. The Balaban J connectivity index is 2.11. The molecule has 2 nitrogen and oxygen atoms in total. The van der Waals surface area contributed by atoms with E-state index in [0.29, 0.717) is 0 Å². The normalized spacial score (nSPS) is 24.9. The summed E-state index contributed by atoms with van der Waals surface area (Å²) in [5, 5.41) is 0.881. The second-order valence-electron chi connectivity index (χ2n) is 3.70. The van der Waals surface area contributed by atoms with Gasteiger partial charge >= 0.3 is 0 Å². The molecule has 1 saturated heterocycles. The Morgan fingerprint density at radius 2 is 2.31 bits per heavy atom. The number of thioether (sulfide) groups is 1. The van der Waals surface area contributed by atoms with Crippen LogP contribution in [0.25, 0.3) is 0 Å². The van der Waals surface area contributed by atoms with E-state index in [4.69, 9.17) is 5.73 Å². The van der Waals surface area contributed by atoms with Crippen molar-refractivity contribution in [2.75, 3.05) is 31.9 Å². The quantitative estimate of drug-likeness (QED) is 0.686. The van der Waals surface area contributed by atoms with Crippen LogP contribution in [-0.2, 0) is 0 Å². The molecule has 2 N–H and O–H groups in total. The summed E-state index contributed by atoms with van der Waals surface area (Å²) in [6, 6.07) is 0. The van der Waals surface area contributed by atoms with Crippen LogP contribution in [0.5, 0.6) is 0 Å². The minimum Gasteiger partial charge on any atom is -0.330 e. The molecule has 0 radical (unpaired) electrons. The average molecular weight is 202 g/mol. The SMILES string of the molecule is CCC1CN(CCCCN)CCS1. The highest BCUT2D eigenvalue weighted by Gasteiger charge is 2.17. The zero-order chi connectivity index (χ0) is 9.52. The van der Waals surface area contributed by atoms with Gasteiger partial charge < -0.3 is 10.6 Å². The highest BCUT2D eigenvalue weighted by molar-refractivity contribution is 8.00. The summed E-state index contributed by atoms with van der Waals surface area (Å²) in [4.78, 5) is 2.60. The highest BCUT2D eigenvalue weighted by Crippen LogP contribution is 2.20. The lowest BCUT2D eigenvalue weighted by Crippen LogP contribution is -2.38. The first-order valence-corrected chi connectivity index (χ1v) is 6.45. The van der Waals surface area contributed by atoms with E-state index in [2.05, 4.69) is 23.6 Å². The van der Waals surface area contributed by atoms with Gasteiger partial charge in [0.15, 0.2) is 0 Å². The maximum Gasteiger partial charge on any atom is 0.0172 e. The molecule has 0 aromatic carbocycles. The molecule has 78 valence electrons. The molecule has 0 aromatic rings. The van der Waals surface area contributed by atoms with Gasteiger partial charge in [0.05, 0.1) is 0 Å². The van der Waals surface area contributed by atoms with E-state index in [9.17, 15) is 0 Å². The van der Waals surface area contributed by atoms with Gasteiger partial charge in [0.2, 0.25) is 0 Å². The topological polar surface area (TPSA) is 29.3 Å². The fourth-order valence-electron chi connectivity index (χ4n) is 1.71. The fraction of sp³-hybridized carbons (Fsp3) is 1.00. The molecule has 1 atom stereocenters. The van der Waals surface area contributed by atoms with Crippen molar-refractivity contribution in [1.82, 2.24) is 4.90 Å². The lowest BCUT2D eigenvalue weighted by atomic mass is 10.2. The summed E-state index contributed by atoms with van der Waals surface area (Å²) in [5.41, 5.74) is 5.47. The van der Waals surface area contributed by atoms with E-state index >= 15 is 0 Å². The molecule has 0 bridgehead atoms. The molecule has 1 aliphatic rings. The molecule has 0 spiro atoms. The molecule has 1 fully saturated rings. The van der Waals surface area contributed by atoms with E-state index in [0.717, 1.165) is 11.8 Å². The smallest absolute Gasteiger partial charge is 0.0172 e. The van der Waals surface area contributed by atoms with Crippen LogP contribution in [0.4, 0.5) is 0 Å². The summed E-state index contributed by atoms with van der Waals surface area (Å²) < 4.78 is 0. The molecule has 3 heteroatoms. The molecule has 13 heavy (non-hydrogen) atoms. The first kappa shape index (κ1) is 11.3. The number of nitrogens with two attached hydrogens (primary N) is 1. The molecule has 0 aliphatic carbocycles. The summed E-state index contributed by atoms with van der Waals surface area (Å²) in [7, 11) is 0. The Kier molecular flexibility index (Phi) is 5.83. The van der Waals surface area contributed by atoms with Crippen LogP contribution in [0.2, 0.25) is 0 Å². The monoisotopic (exact) mass is 202 g/mol. The minimum atomic E-state index is 0.847. The van der Waals surface area contributed by atoms with Crippen molar-refractivity contribution in [3.05, 3.63) is 0 Å². The van der Waals surface area contributed by atoms with Gasteiger partial charge in [-0.2, -0.15) is 11.8 Å². The second kappa shape index (κ2) is 6.68. The van der Waals surface area contributed by atoms with Gasteiger partial charge in [0.1, 0.15) is 0 Å². The van der Waals surface area contributed by atoms with E-state index in [1.807, 2.05) is 0 Å². The summed E-state index contributed by atoms with van der Waals surface area (Å²) in [6.45, 7) is 6.98. The second-order valence-corrected chi connectivity index (χ2v) is 5.11. The maximum atomic E-state index is 5.47. The van der Waals surface area contributed by atoms with Gasteiger partial charge in [-0.25, -0.2) is 0 Å². The van der Waals surface area contributed by atoms with Crippen molar-refractivity contribution in [2.45, 2.75) is 31.4 Å². The number of nitrogens with zero attached hydrogens (tertiary/aromatic N) is 1. The first-order chi connectivity index (χ1) is 6.36. The van der Waals surface area contributed by atoms with Crippen molar-refractivity contribution in [2.24, 2.45) is 5.73 Å². The lowest BCUT2D eigenvalue weighted by molar-refractivity contribution is 0.276. The molecule has 1 aliphatic heterocycles. The van der Waals surface area contributed by atoms with Gasteiger partial charge in [-0.3, -0.25) is 0 Å². The Hall–Kier alpha value is 0.270. The minimum absolute atomic E-state index is 0.847. The lowest BCUT2D eigenvalue weighted by Gasteiger charge is -2.31. The van der Waals surface area contributed by atoms with Crippen molar-refractivity contribution < 1.29 is 0 Å². The number of hydrogen-bond donors (Lipinski definition) is 1. The summed E-state index contributed by atoms with van der Waals surface area (Å²) in [6.07, 6.45) is 3.77. The van der Waals surface area contributed by atoms with Crippen LogP contribution >= 0.6 is 11.8 Å². The van der Waals surface area contributed by atoms with Crippen LogP contribution in [0.1, 0.15) is 26.2 Å². The van der Waals surface area contributed by atoms with Gasteiger partial charge in [-0.15, -0.1) is 0 Å². The van der Waals surface area contributed by atoms with E-state index in [1.54, 1.807) is 0 Å². The zero-order valence-electron chi connectivity index (χ0n) is 8.67. The van der Waals surface area contributed by atoms with E-state index in [-0.39, 0.29) is 0 Å². The van der Waals surface area contributed by atoms with Gasteiger partial charge in [-0.1, -0.05) is 6.92 Å². The van der Waals surface area contributed by atoms with E-state index < -0.39 is 0 Å². The molecular formula is C10H22N2S. The van der Waals surface area contributed by atoms with Gasteiger partial charge in [0, 0.05) is 24.1 Å². The molecule has 1 unspecified atom stereocenters. The number of hydrogen-bond acceptors (Lipinski definition) is 3. The van der Waals surface area contributed by atoms with Crippen molar-refractivity contribution in [3.8, 4) is 0 Å². The Morgan fingerprint density at radius 1 is 1.46 bits per heavy atom. The molecule has 0 aromatic heterocycles. The standard InChI is InChI=1S/C10H22N2S/c1-2-10-9-12(7-8-13-10)6-4-3-5-11/h10H,2-9,11H2,1H3. The predicted octanol–water partition coefficient (Wildman–Crippen LogP) is 1.55.